The Morgan fingerprint density at radius 3 is 2.52 bits per heavy atom. The number of nitrogens with one attached hydrogen (secondary N) is 1. The number of hydrogen-bond donors (Lipinski definition) is 1. The molecule has 1 aliphatic heterocycles. The SMILES string of the molecule is CN1CCN(c2ncccc2C(=O)Nc2ccc(Cl)cc2)CC1. The van der Waals surface area contributed by atoms with E-state index in [-0.39, 0.29) is 5.91 Å². The Balaban J connectivity index is 1.79. The lowest BCUT2D eigenvalue weighted by Crippen LogP contribution is -2.45. The van der Waals surface area contributed by atoms with Crippen LogP contribution in [-0.4, -0.2) is 49.0 Å². The molecule has 0 saturated carbocycles. The molecule has 3 rings (SSSR count). The van der Waals surface area contributed by atoms with E-state index in [1.165, 1.54) is 0 Å². The second-order valence-corrected chi connectivity index (χ2v) is 6.06. The highest BCUT2D eigenvalue weighted by Crippen LogP contribution is 2.21. The summed E-state index contributed by atoms with van der Waals surface area (Å²) in [6.07, 6.45) is 1.73. The van der Waals surface area contributed by atoms with Crippen LogP contribution in [0.1, 0.15) is 10.4 Å². The lowest BCUT2D eigenvalue weighted by atomic mass is 10.2. The van der Waals surface area contributed by atoms with Gasteiger partial charge in [-0.3, -0.25) is 4.79 Å². The summed E-state index contributed by atoms with van der Waals surface area (Å²) in [5.41, 5.74) is 1.31. The maximum atomic E-state index is 12.6. The minimum Gasteiger partial charge on any atom is -0.353 e. The van der Waals surface area contributed by atoms with Gasteiger partial charge in [-0.1, -0.05) is 11.6 Å². The number of pyridine rings is 1. The fourth-order valence-electron chi connectivity index (χ4n) is 2.58. The first kappa shape index (κ1) is 15.8. The molecule has 0 aliphatic carbocycles. The lowest BCUT2D eigenvalue weighted by molar-refractivity contribution is 0.102. The highest BCUT2D eigenvalue weighted by atomic mass is 35.5. The maximum absolute atomic E-state index is 12.6. The van der Waals surface area contributed by atoms with Crippen LogP contribution in [0.3, 0.4) is 0 Å². The van der Waals surface area contributed by atoms with Gasteiger partial charge < -0.3 is 15.1 Å². The summed E-state index contributed by atoms with van der Waals surface area (Å²) in [5, 5.41) is 3.54. The van der Waals surface area contributed by atoms with Gasteiger partial charge in [-0.15, -0.1) is 0 Å². The fraction of sp³-hybridized carbons (Fsp3) is 0.294. The average molecular weight is 331 g/mol. The molecule has 1 aromatic carbocycles. The Labute approximate surface area is 140 Å². The third-order valence-electron chi connectivity index (χ3n) is 3.94. The molecular weight excluding hydrogens is 312 g/mol. The van der Waals surface area contributed by atoms with Gasteiger partial charge in [-0.25, -0.2) is 4.98 Å². The highest BCUT2D eigenvalue weighted by Gasteiger charge is 2.21. The molecule has 0 unspecified atom stereocenters. The van der Waals surface area contributed by atoms with E-state index < -0.39 is 0 Å². The third kappa shape index (κ3) is 3.81. The molecule has 1 aromatic heterocycles. The molecule has 1 fully saturated rings. The largest absolute Gasteiger partial charge is 0.353 e. The molecule has 23 heavy (non-hydrogen) atoms. The summed E-state index contributed by atoms with van der Waals surface area (Å²) in [6, 6.07) is 10.7. The van der Waals surface area contributed by atoms with Crippen molar-refractivity contribution in [3.05, 3.63) is 53.2 Å². The standard InChI is InChI=1S/C17H19ClN4O/c1-21-9-11-22(12-10-21)16-15(3-2-8-19-16)17(23)20-14-6-4-13(18)5-7-14/h2-8H,9-12H2,1H3,(H,20,23). The molecule has 2 heterocycles. The summed E-state index contributed by atoms with van der Waals surface area (Å²) in [4.78, 5) is 21.5. The van der Waals surface area contributed by atoms with Gasteiger partial charge in [0.15, 0.2) is 0 Å². The fourth-order valence-corrected chi connectivity index (χ4v) is 2.70. The Kier molecular flexibility index (Phi) is 4.79. The summed E-state index contributed by atoms with van der Waals surface area (Å²) < 4.78 is 0. The Bertz CT molecular complexity index is 681. The maximum Gasteiger partial charge on any atom is 0.259 e. The van der Waals surface area contributed by atoms with Crippen LogP contribution in [0.2, 0.25) is 5.02 Å². The molecule has 120 valence electrons. The predicted molar refractivity (Wildman–Crippen MR) is 93.4 cm³/mol. The van der Waals surface area contributed by atoms with Crippen molar-refractivity contribution in [2.45, 2.75) is 0 Å². The van der Waals surface area contributed by atoms with Gasteiger partial charge in [0.2, 0.25) is 0 Å². The van der Waals surface area contributed by atoms with Gasteiger partial charge in [-0.2, -0.15) is 0 Å². The Hall–Kier alpha value is -2.11. The molecule has 1 amide bonds. The number of rotatable bonds is 3. The first-order valence-electron chi connectivity index (χ1n) is 7.59. The van der Waals surface area contributed by atoms with Crippen molar-refractivity contribution in [1.82, 2.24) is 9.88 Å². The molecule has 0 atom stereocenters. The summed E-state index contributed by atoms with van der Waals surface area (Å²) in [6.45, 7) is 3.67. The van der Waals surface area contributed by atoms with E-state index in [4.69, 9.17) is 11.6 Å². The molecule has 0 radical (unpaired) electrons. The first-order chi connectivity index (χ1) is 11.1. The Morgan fingerprint density at radius 1 is 1.13 bits per heavy atom. The smallest absolute Gasteiger partial charge is 0.259 e. The Morgan fingerprint density at radius 2 is 1.83 bits per heavy atom. The van der Waals surface area contributed by atoms with Crippen molar-refractivity contribution in [2.75, 3.05) is 43.4 Å². The van der Waals surface area contributed by atoms with Crippen molar-refractivity contribution in [1.29, 1.82) is 0 Å². The van der Waals surface area contributed by atoms with E-state index >= 15 is 0 Å². The van der Waals surface area contributed by atoms with E-state index in [1.807, 2.05) is 6.07 Å². The zero-order valence-corrected chi connectivity index (χ0v) is 13.8. The molecule has 1 N–H and O–H groups in total. The zero-order chi connectivity index (χ0) is 16.2. The zero-order valence-electron chi connectivity index (χ0n) is 13.0. The van der Waals surface area contributed by atoms with Crippen molar-refractivity contribution >= 4 is 29.0 Å². The van der Waals surface area contributed by atoms with Crippen LogP contribution in [0.15, 0.2) is 42.6 Å². The summed E-state index contributed by atoms with van der Waals surface area (Å²) >= 11 is 5.87. The number of aromatic nitrogens is 1. The van der Waals surface area contributed by atoms with Crippen molar-refractivity contribution in [3.63, 3.8) is 0 Å². The average Bonchev–Trinajstić information content (AvgIpc) is 2.58. The minimum absolute atomic E-state index is 0.158. The molecule has 6 heteroatoms. The number of nitrogens with zero attached hydrogens (tertiary/aromatic N) is 3. The van der Waals surface area contributed by atoms with E-state index in [9.17, 15) is 4.79 Å². The number of benzene rings is 1. The van der Waals surface area contributed by atoms with Gasteiger partial charge in [0.05, 0.1) is 5.56 Å². The number of carbonyl (C=O) groups excluding carboxylic acids is 1. The number of hydrogen-bond acceptors (Lipinski definition) is 4. The number of anilines is 2. The van der Waals surface area contributed by atoms with Crippen LogP contribution in [0.25, 0.3) is 0 Å². The van der Waals surface area contributed by atoms with Crippen LogP contribution in [-0.2, 0) is 0 Å². The van der Waals surface area contributed by atoms with Crippen LogP contribution in [0.5, 0.6) is 0 Å². The number of halogens is 1. The van der Waals surface area contributed by atoms with E-state index in [0.29, 0.717) is 16.3 Å². The third-order valence-corrected chi connectivity index (χ3v) is 4.19. The van der Waals surface area contributed by atoms with Gasteiger partial charge in [0, 0.05) is 43.1 Å². The van der Waals surface area contributed by atoms with Crippen molar-refractivity contribution in [3.8, 4) is 0 Å². The second-order valence-electron chi connectivity index (χ2n) is 5.63. The lowest BCUT2D eigenvalue weighted by Gasteiger charge is -2.34. The minimum atomic E-state index is -0.158. The quantitative estimate of drug-likeness (QED) is 0.940. The summed E-state index contributed by atoms with van der Waals surface area (Å²) in [7, 11) is 2.10. The molecule has 5 nitrogen and oxygen atoms in total. The number of amides is 1. The van der Waals surface area contributed by atoms with Crippen molar-refractivity contribution in [2.24, 2.45) is 0 Å². The van der Waals surface area contributed by atoms with E-state index in [0.717, 1.165) is 32.0 Å². The van der Waals surface area contributed by atoms with Crippen LogP contribution in [0.4, 0.5) is 11.5 Å². The topological polar surface area (TPSA) is 48.5 Å². The monoisotopic (exact) mass is 330 g/mol. The van der Waals surface area contributed by atoms with Crippen LogP contribution < -0.4 is 10.2 Å². The van der Waals surface area contributed by atoms with Crippen LogP contribution >= 0.6 is 11.6 Å². The molecular formula is C17H19ClN4O. The highest BCUT2D eigenvalue weighted by molar-refractivity contribution is 6.30. The normalized spacial score (nSPS) is 15.5. The van der Waals surface area contributed by atoms with Crippen molar-refractivity contribution < 1.29 is 4.79 Å². The number of carbonyl (C=O) groups is 1. The van der Waals surface area contributed by atoms with E-state index in [1.54, 1.807) is 36.5 Å². The van der Waals surface area contributed by atoms with Crippen LogP contribution in [0, 0.1) is 0 Å². The molecule has 0 bridgehead atoms. The summed E-state index contributed by atoms with van der Waals surface area (Å²) in [5.74, 6) is 0.585. The second kappa shape index (κ2) is 6.98. The predicted octanol–water partition coefficient (Wildman–Crippen LogP) is 2.74. The van der Waals surface area contributed by atoms with Gasteiger partial charge in [-0.05, 0) is 43.4 Å². The first-order valence-corrected chi connectivity index (χ1v) is 7.97. The van der Waals surface area contributed by atoms with E-state index in [2.05, 4.69) is 27.1 Å². The van der Waals surface area contributed by atoms with Gasteiger partial charge >= 0.3 is 0 Å². The molecule has 1 saturated heterocycles. The van der Waals surface area contributed by atoms with Gasteiger partial charge in [0.25, 0.3) is 5.91 Å². The molecule has 2 aromatic rings. The number of likely N-dealkylation sites (N-methyl/N-ethyl adjacent to an activating group) is 1. The molecule has 0 spiro atoms. The van der Waals surface area contributed by atoms with Gasteiger partial charge in [0.1, 0.15) is 5.82 Å². The molecule has 1 aliphatic rings. The number of piperazine rings is 1.